The van der Waals surface area contributed by atoms with Crippen LogP contribution in [0.4, 0.5) is 11.4 Å². The van der Waals surface area contributed by atoms with E-state index in [0.29, 0.717) is 26.1 Å². The minimum absolute atomic E-state index is 0.0588. The van der Waals surface area contributed by atoms with Gasteiger partial charge in [-0.2, -0.15) is 0 Å². The number of hydrogen-bond donors (Lipinski definition) is 0. The van der Waals surface area contributed by atoms with E-state index in [-0.39, 0.29) is 22.9 Å². The molecule has 0 unspecified atom stereocenters. The Morgan fingerprint density at radius 3 is 1.50 bits per heavy atom. The van der Waals surface area contributed by atoms with Gasteiger partial charge in [-0.05, 0) is 49.9 Å². The van der Waals surface area contributed by atoms with Gasteiger partial charge >= 0.3 is 11.4 Å². The van der Waals surface area contributed by atoms with Gasteiger partial charge in [-0.3, -0.25) is 20.2 Å². The molecular weight excluding hydrogens is 340 g/mol. The summed E-state index contributed by atoms with van der Waals surface area (Å²) in [5.74, 6) is 0.464. The normalized spacial score (nSPS) is 10.4. The molecule has 0 heterocycles. The summed E-state index contributed by atoms with van der Waals surface area (Å²) in [4.78, 5) is 21.1. The topological polar surface area (TPSA) is 105 Å². The molecule has 138 valence electrons. The average Bonchev–Trinajstić information content (AvgIpc) is 2.59. The Morgan fingerprint density at radius 1 is 0.769 bits per heavy atom. The van der Waals surface area contributed by atoms with Crippen molar-refractivity contribution in [1.29, 1.82) is 0 Å². The number of ether oxygens (including phenoxy) is 2. The molecule has 2 aromatic rings. The van der Waals surface area contributed by atoms with Gasteiger partial charge in [0.15, 0.2) is 11.5 Å². The lowest BCUT2D eigenvalue weighted by molar-refractivity contribution is -0.386. The molecule has 8 heteroatoms. The first-order chi connectivity index (χ1) is 12.4. The zero-order valence-electron chi connectivity index (χ0n) is 14.6. The van der Waals surface area contributed by atoms with E-state index in [0.717, 1.165) is 11.1 Å². The Kier molecular flexibility index (Phi) is 6.48. The first-order valence-corrected chi connectivity index (χ1v) is 8.14. The van der Waals surface area contributed by atoms with Gasteiger partial charge in [-0.25, -0.2) is 0 Å². The second-order valence-corrected chi connectivity index (χ2v) is 5.86. The van der Waals surface area contributed by atoms with E-state index in [1.54, 1.807) is 38.1 Å². The van der Waals surface area contributed by atoms with Gasteiger partial charge in [0.25, 0.3) is 0 Å². The van der Waals surface area contributed by atoms with Crippen LogP contribution in [0.2, 0.25) is 0 Å². The van der Waals surface area contributed by atoms with Crippen LogP contribution in [0, 0.1) is 34.1 Å². The minimum Gasteiger partial charge on any atom is -0.487 e. The summed E-state index contributed by atoms with van der Waals surface area (Å²) in [6, 6.07) is 9.60. The Hall–Kier alpha value is -3.16. The Balaban J connectivity index is 1.80. The molecule has 0 fully saturated rings. The summed E-state index contributed by atoms with van der Waals surface area (Å²) < 4.78 is 11.0. The van der Waals surface area contributed by atoms with Gasteiger partial charge in [0, 0.05) is 12.1 Å². The van der Waals surface area contributed by atoms with Crippen molar-refractivity contribution < 1.29 is 19.3 Å². The lowest BCUT2D eigenvalue weighted by atomic mass is 10.2. The molecule has 26 heavy (non-hydrogen) atoms. The van der Waals surface area contributed by atoms with Crippen molar-refractivity contribution in [3.8, 4) is 11.5 Å². The number of unbranched alkanes of at least 4 members (excludes halogenated alkanes) is 1. The summed E-state index contributed by atoms with van der Waals surface area (Å²) in [7, 11) is 0. The van der Waals surface area contributed by atoms with Crippen molar-refractivity contribution in [2.75, 3.05) is 13.2 Å². The molecule has 0 spiro atoms. The third kappa shape index (κ3) is 5.17. The van der Waals surface area contributed by atoms with Crippen LogP contribution >= 0.6 is 0 Å². The quantitative estimate of drug-likeness (QED) is 0.374. The van der Waals surface area contributed by atoms with Crippen molar-refractivity contribution in [3.63, 3.8) is 0 Å². The first kappa shape index (κ1) is 19.2. The molecule has 0 amide bonds. The van der Waals surface area contributed by atoms with E-state index >= 15 is 0 Å². The first-order valence-electron chi connectivity index (χ1n) is 8.14. The lowest BCUT2D eigenvalue weighted by Crippen LogP contribution is -2.05. The van der Waals surface area contributed by atoms with Gasteiger partial charge in [0.05, 0.1) is 23.1 Å². The number of nitro benzene ring substituents is 2. The maximum atomic E-state index is 11.0. The molecule has 0 aromatic heterocycles. The van der Waals surface area contributed by atoms with Crippen LogP contribution in [0.3, 0.4) is 0 Å². The molecular formula is C18H20N2O6. The van der Waals surface area contributed by atoms with E-state index < -0.39 is 9.85 Å². The standard InChI is InChI=1S/C18H20N2O6/c1-13-5-7-17(15(11-13)19(21)22)25-9-3-4-10-26-18-8-6-14(2)12-16(18)20(23)24/h5-8,11-12H,3-4,9-10H2,1-2H3. The molecule has 0 radical (unpaired) electrons. The highest BCUT2D eigenvalue weighted by Gasteiger charge is 2.16. The van der Waals surface area contributed by atoms with Gasteiger partial charge in [-0.15, -0.1) is 0 Å². The van der Waals surface area contributed by atoms with Gasteiger partial charge in [0.1, 0.15) is 0 Å². The van der Waals surface area contributed by atoms with Crippen molar-refractivity contribution >= 4 is 11.4 Å². The summed E-state index contributed by atoms with van der Waals surface area (Å²) in [6.07, 6.45) is 1.20. The van der Waals surface area contributed by atoms with Crippen LogP contribution in [-0.4, -0.2) is 23.1 Å². The molecule has 0 aliphatic heterocycles. The Bertz CT molecular complexity index is 739. The molecule has 0 saturated heterocycles. The summed E-state index contributed by atoms with van der Waals surface area (Å²) >= 11 is 0. The van der Waals surface area contributed by atoms with Gasteiger partial charge in [0.2, 0.25) is 0 Å². The lowest BCUT2D eigenvalue weighted by Gasteiger charge is -2.09. The highest BCUT2D eigenvalue weighted by atomic mass is 16.6. The van der Waals surface area contributed by atoms with E-state index in [1.165, 1.54) is 12.1 Å². The van der Waals surface area contributed by atoms with Crippen LogP contribution in [-0.2, 0) is 0 Å². The van der Waals surface area contributed by atoms with Crippen LogP contribution < -0.4 is 9.47 Å². The van der Waals surface area contributed by atoms with Crippen molar-refractivity contribution in [1.82, 2.24) is 0 Å². The molecule has 8 nitrogen and oxygen atoms in total. The number of benzene rings is 2. The van der Waals surface area contributed by atoms with Crippen molar-refractivity contribution in [2.45, 2.75) is 26.7 Å². The summed E-state index contributed by atoms with van der Waals surface area (Å²) in [5.41, 5.74) is 1.46. The fourth-order valence-corrected chi connectivity index (χ4v) is 2.35. The summed E-state index contributed by atoms with van der Waals surface area (Å²) in [6.45, 7) is 4.14. The SMILES string of the molecule is Cc1ccc(OCCCCOc2ccc(C)cc2[N+](=O)[O-])c([N+](=O)[O-])c1. The molecule has 0 atom stereocenters. The van der Waals surface area contributed by atoms with Crippen LogP contribution in [0.1, 0.15) is 24.0 Å². The van der Waals surface area contributed by atoms with E-state index in [4.69, 9.17) is 9.47 Å². The predicted octanol–water partition coefficient (Wildman–Crippen LogP) is 4.36. The number of nitro groups is 2. The monoisotopic (exact) mass is 360 g/mol. The van der Waals surface area contributed by atoms with E-state index in [2.05, 4.69) is 0 Å². The van der Waals surface area contributed by atoms with Gasteiger partial charge in [-0.1, -0.05) is 12.1 Å². The minimum atomic E-state index is -0.470. The zero-order valence-corrected chi connectivity index (χ0v) is 14.6. The van der Waals surface area contributed by atoms with Crippen molar-refractivity contribution in [2.24, 2.45) is 0 Å². The molecule has 2 rings (SSSR count). The van der Waals surface area contributed by atoms with Crippen LogP contribution in [0.25, 0.3) is 0 Å². The fourth-order valence-electron chi connectivity index (χ4n) is 2.35. The Labute approximate surface area is 150 Å². The number of rotatable bonds is 9. The number of hydrogen-bond acceptors (Lipinski definition) is 6. The van der Waals surface area contributed by atoms with E-state index in [1.807, 2.05) is 0 Å². The van der Waals surface area contributed by atoms with E-state index in [9.17, 15) is 20.2 Å². The second-order valence-electron chi connectivity index (χ2n) is 5.86. The zero-order chi connectivity index (χ0) is 19.1. The average molecular weight is 360 g/mol. The molecule has 2 aromatic carbocycles. The maximum absolute atomic E-state index is 11.0. The Morgan fingerprint density at radius 2 is 1.15 bits per heavy atom. The molecule has 0 N–H and O–H groups in total. The number of nitrogens with zero attached hydrogens (tertiary/aromatic N) is 2. The molecule has 0 bridgehead atoms. The second kappa shape index (κ2) is 8.80. The highest BCUT2D eigenvalue weighted by molar-refractivity contribution is 5.49. The fraction of sp³-hybridized carbons (Fsp3) is 0.333. The smallest absolute Gasteiger partial charge is 0.311 e. The van der Waals surface area contributed by atoms with Gasteiger partial charge < -0.3 is 9.47 Å². The van der Waals surface area contributed by atoms with Crippen molar-refractivity contribution in [3.05, 3.63) is 67.8 Å². The van der Waals surface area contributed by atoms with Crippen LogP contribution in [0.5, 0.6) is 11.5 Å². The molecule has 0 aliphatic rings. The highest BCUT2D eigenvalue weighted by Crippen LogP contribution is 2.29. The maximum Gasteiger partial charge on any atom is 0.311 e. The molecule has 0 saturated carbocycles. The van der Waals surface area contributed by atoms with Crippen LogP contribution in [0.15, 0.2) is 36.4 Å². The third-order valence-corrected chi connectivity index (χ3v) is 3.68. The summed E-state index contributed by atoms with van der Waals surface area (Å²) in [5, 5.41) is 22.1. The largest absolute Gasteiger partial charge is 0.487 e. The number of aryl methyl sites for hydroxylation is 2. The molecule has 0 aliphatic carbocycles. The predicted molar refractivity (Wildman–Crippen MR) is 95.9 cm³/mol. The third-order valence-electron chi connectivity index (χ3n) is 3.68.